The summed E-state index contributed by atoms with van der Waals surface area (Å²) in [5.74, 6) is 0.931. The first kappa shape index (κ1) is 27.5. The molecule has 38 heavy (non-hydrogen) atoms. The van der Waals surface area contributed by atoms with Gasteiger partial charge in [0.05, 0.1) is 23.2 Å². The second-order valence-corrected chi connectivity index (χ2v) is 11.7. The first-order valence-electron chi connectivity index (χ1n) is 13.2. The molecule has 1 saturated heterocycles. The maximum Gasteiger partial charge on any atom is 0.264 e. The summed E-state index contributed by atoms with van der Waals surface area (Å²) in [5.41, 5.74) is 2.54. The van der Waals surface area contributed by atoms with E-state index in [4.69, 9.17) is 4.74 Å². The molecule has 0 spiro atoms. The molecule has 8 heteroatoms. The molecule has 202 valence electrons. The Morgan fingerprint density at radius 2 is 1.74 bits per heavy atom. The zero-order valence-electron chi connectivity index (χ0n) is 22.3. The SMILES string of the molecule is CCOc1ccc(N(CC(=O)NC(C)c2ccc(N3CCCC(C)C3)cc2)S(=O)(=O)c2ccccc2)cc1. The van der Waals surface area contributed by atoms with Crippen molar-refractivity contribution in [1.82, 2.24) is 5.32 Å². The van der Waals surface area contributed by atoms with Crippen LogP contribution in [0.15, 0.2) is 83.8 Å². The van der Waals surface area contributed by atoms with E-state index >= 15 is 0 Å². The number of anilines is 2. The number of ether oxygens (including phenoxy) is 1. The lowest BCUT2D eigenvalue weighted by molar-refractivity contribution is -0.120. The fraction of sp³-hybridized carbons (Fsp3) is 0.367. The highest BCUT2D eigenvalue weighted by Gasteiger charge is 2.28. The van der Waals surface area contributed by atoms with E-state index in [2.05, 4.69) is 29.3 Å². The highest BCUT2D eigenvalue weighted by Crippen LogP contribution is 2.27. The van der Waals surface area contributed by atoms with Crippen LogP contribution in [0.5, 0.6) is 5.75 Å². The number of rotatable bonds is 10. The van der Waals surface area contributed by atoms with Crippen molar-refractivity contribution in [2.24, 2.45) is 5.92 Å². The van der Waals surface area contributed by atoms with Crippen LogP contribution in [0.2, 0.25) is 0 Å². The molecule has 1 aliphatic rings. The van der Waals surface area contributed by atoms with Crippen LogP contribution >= 0.6 is 0 Å². The maximum absolute atomic E-state index is 13.6. The van der Waals surface area contributed by atoms with E-state index in [1.54, 1.807) is 42.5 Å². The van der Waals surface area contributed by atoms with E-state index in [0.717, 1.165) is 23.0 Å². The summed E-state index contributed by atoms with van der Waals surface area (Å²) < 4.78 is 33.7. The number of benzene rings is 3. The van der Waals surface area contributed by atoms with Crippen LogP contribution in [0, 0.1) is 5.92 Å². The second-order valence-electron chi connectivity index (χ2n) is 9.83. The molecule has 2 atom stereocenters. The van der Waals surface area contributed by atoms with Gasteiger partial charge in [-0.15, -0.1) is 0 Å². The molecule has 0 bridgehead atoms. The number of hydrogen-bond acceptors (Lipinski definition) is 5. The minimum Gasteiger partial charge on any atom is -0.494 e. The average Bonchev–Trinajstić information content (AvgIpc) is 2.93. The molecule has 4 rings (SSSR count). The average molecular weight is 536 g/mol. The molecule has 2 unspecified atom stereocenters. The fourth-order valence-corrected chi connectivity index (χ4v) is 6.25. The van der Waals surface area contributed by atoms with Gasteiger partial charge in [-0.05, 0) is 86.7 Å². The fourth-order valence-electron chi connectivity index (χ4n) is 4.81. The van der Waals surface area contributed by atoms with E-state index in [-0.39, 0.29) is 23.4 Å². The Hall–Kier alpha value is -3.52. The predicted octanol–water partition coefficient (Wildman–Crippen LogP) is 5.39. The number of hydrogen-bond donors (Lipinski definition) is 1. The van der Waals surface area contributed by atoms with Gasteiger partial charge >= 0.3 is 0 Å². The third-order valence-electron chi connectivity index (χ3n) is 6.85. The van der Waals surface area contributed by atoms with Crippen molar-refractivity contribution in [3.05, 3.63) is 84.4 Å². The molecule has 0 aromatic heterocycles. The molecule has 1 heterocycles. The minimum atomic E-state index is -3.97. The van der Waals surface area contributed by atoms with Gasteiger partial charge < -0.3 is 15.0 Å². The smallest absolute Gasteiger partial charge is 0.264 e. The van der Waals surface area contributed by atoms with Crippen molar-refractivity contribution >= 4 is 27.3 Å². The van der Waals surface area contributed by atoms with Crippen LogP contribution in [0.1, 0.15) is 45.2 Å². The van der Waals surface area contributed by atoms with E-state index in [1.807, 2.05) is 26.0 Å². The lowest BCUT2D eigenvalue weighted by Gasteiger charge is -2.33. The van der Waals surface area contributed by atoms with Crippen LogP contribution in [-0.4, -0.2) is 40.6 Å². The lowest BCUT2D eigenvalue weighted by Crippen LogP contribution is -2.41. The van der Waals surface area contributed by atoms with Crippen LogP contribution in [0.4, 0.5) is 11.4 Å². The van der Waals surface area contributed by atoms with E-state index in [9.17, 15) is 13.2 Å². The Kier molecular flexibility index (Phi) is 8.94. The van der Waals surface area contributed by atoms with Crippen LogP contribution in [0.3, 0.4) is 0 Å². The summed E-state index contributed by atoms with van der Waals surface area (Å²) in [6.07, 6.45) is 2.47. The molecular formula is C30H37N3O4S. The van der Waals surface area contributed by atoms with Crippen LogP contribution < -0.4 is 19.3 Å². The van der Waals surface area contributed by atoms with Gasteiger partial charge in [-0.25, -0.2) is 8.42 Å². The molecule has 3 aromatic rings. The molecule has 0 radical (unpaired) electrons. The molecule has 3 aromatic carbocycles. The Balaban J connectivity index is 1.49. The first-order chi connectivity index (χ1) is 18.3. The summed E-state index contributed by atoms with van der Waals surface area (Å²) in [6, 6.07) is 22.9. The van der Waals surface area contributed by atoms with Gasteiger partial charge in [0.15, 0.2) is 0 Å². The highest BCUT2D eigenvalue weighted by molar-refractivity contribution is 7.92. The first-order valence-corrected chi connectivity index (χ1v) is 14.7. The standard InChI is InChI=1S/C30H37N3O4S/c1-4-37-28-18-16-27(17-19-28)33(38(35,36)29-10-6-5-7-11-29)22-30(34)31-24(3)25-12-14-26(15-13-25)32-20-8-9-23(2)21-32/h5-7,10-19,23-24H,4,8-9,20-22H2,1-3H3,(H,31,34). The number of amides is 1. The van der Waals surface area contributed by atoms with Gasteiger partial charge in [0, 0.05) is 18.8 Å². The zero-order chi connectivity index (χ0) is 27.1. The van der Waals surface area contributed by atoms with Crippen LogP contribution in [-0.2, 0) is 14.8 Å². The molecule has 7 nitrogen and oxygen atoms in total. The van der Waals surface area contributed by atoms with Crippen LogP contribution in [0.25, 0.3) is 0 Å². The van der Waals surface area contributed by atoms with E-state index < -0.39 is 10.0 Å². The van der Waals surface area contributed by atoms with E-state index in [0.29, 0.717) is 24.0 Å². The zero-order valence-corrected chi connectivity index (χ0v) is 23.2. The third-order valence-corrected chi connectivity index (χ3v) is 8.63. The summed E-state index contributed by atoms with van der Waals surface area (Å²) in [7, 11) is -3.97. The number of sulfonamides is 1. The largest absolute Gasteiger partial charge is 0.494 e. The van der Waals surface area contributed by atoms with Gasteiger partial charge in [0.2, 0.25) is 5.91 Å². The Morgan fingerprint density at radius 3 is 2.37 bits per heavy atom. The van der Waals surface area contributed by atoms with Crippen molar-refractivity contribution in [2.75, 3.05) is 35.4 Å². The molecule has 1 aliphatic heterocycles. The molecular weight excluding hydrogens is 498 g/mol. The summed E-state index contributed by atoms with van der Waals surface area (Å²) in [5, 5.41) is 2.97. The monoisotopic (exact) mass is 535 g/mol. The maximum atomic E-state index is 13.6. The van der Waals surface area contributed by atoms with Gasteiger partial charge in [-0.1, -0.05) is 37.3 Å². The number of piperidine rings is 1. The molecule has 1 amide bonds. The van der Waals surface area contributed by atoms with Gasteiger partial charge in [0.1, 0.15) is 12.3 Å². The van der Waals surface area contributed by atoms with E-state index in [1.165, 1.54) is 30.7 Å². The third kappa shape index (κ3) is 6.67. The van der Waals surface area contributed by atoms with Crippen molar-refractivity contribution < 1.29 is 17.9 Å². The van der Waals surface area contributed by atoms with Crippen molar-refractivity contribution in [2.45, 2.75) is 44.6 Å². The Morgan fingerprint density at radius 1 is 1.05 bits per heavy atom. The second kappa shape index (κ2) is 12.3. The van der Waals surface area contributed by atoms with Crippen molar-refractivity contribution in [3.63, 3.8) is 0 Å². The quantitative estimate of drug-likeness (QED) is 0.376. The highest BCUT2D eigenvalue weighted by atomic mass is 32.2. The molecule has 0 aliphatic carbocycles. The lowest BCUT2D eigenvalue weighted by atomic mass is 9.99. The topological polar surface area (TPSA) is 79.0 Å². The number of carbonyl (C=O) groups is 1. The molecule has 1 N–H and O–H groups in total. The summed E-state index contributed by atoms with van der Waals surface area (Å²) in [4.78, 5) is 15.7. The normalized spacial score (nSPS) is 16.5. The number of carbonyl (C=O) groups excluding carboxylic acids is 1. The van der Waals surface area contributed by atoms with Gasteiger partial charge in [0.25, 0.3) is 10.0 Å². The molecule has 1 fully saturated rings. The van der Waals surface area contributed by atoms with Crippen molar-refractivity contribution in [1.29, 1.82) is 0 Å². The predicted molar refractivity (Wildman–Crippen MR) is 152 cm³/mol. The Labute approximate surface area is 226 Å². The number of nitrogens with one attached hydrogen (secondary N) is 1. The summed E-state index contributed by atoms with van der Waals surface area (Å²) >= 11 is 0. The van der Waals surface area contributed by atoms with Crippen molar-refractivity contribution in [3.8, 4) is 5.75 Å². The van der Waals surface area contributed by atoms with Gasteiger partial charge in [-0.3, -0.25) is 9.10 Å². The molecule has 0 saturated carbocycles. The summed E-state index contributed by atoms with van der Waals surface area (Å²) in [6.45, 7) is 8.35. The Bertz CT molecular complexity index is 1300. The van der Waals surface area contributed by atoms with Gasteiger partial charge in [-0.2, -0.15) is 0 Å². The number of nitrogens with zero attached hydrogens (tertiary/aromatic N) is 2. The minimum absolute atomic E-state index is 0.123.